The van der Waals surface area contributed by atoms with Crippen LogP contribution in [0.25, 0.3) is 0 Å². The number of rotatable bonds is 9. The SMILES string of the molecule is CCOC(=O)C(C)(CCSCc1ccco1)NC(C)C. The van der Waals surface area contributed by atoms with Crippen molar-refractivity contribution in [1.29, 1.82) is 0 Å². The molecule has 0 bridgehead atoms. The van der Waals surface area contributed by atoms with Crippen LogP contribution < -0.4 is 5.32 Å². The Bertz CT molecular complexity index is 392. The molecule has 1 N–H and O–H groups in total. The highest BCUT2D eigenvalue weighted by Crippen LogP contribution is 2.20. The lowest BCUT2D eigenvalue weighted by atomic mass is 9.98. The quantitative estimate of drug-likeness (QED) is 0.560. The van der Waals surface area contributed by atoms with Gasteiger partial charge in [-0.15, -0.1) is 0 Å². The first-order valence-electron chi connectivity index (χ1n) is 7.03. The first-order chi connectivity index (χ1) is 9.48. The maximum atomic E-state index is 12.1. The molecule has 0 aliphatic heterocycles. The van der Waals surface area contributed by atoms with Crippen LogP contribution in [0.15, 0.2) is 22.8 Å². The summed E-state index contributed by atoms with van der Waals surface area (Å²) in [4.78, 5) is 12.1. The second-order valence-electron chi connectivity index (χ2n) is 5.23. The van der Waals surface area contributed by atoms with E-state index >= 15 is 0 Å². The Hall–Kier alpha value is -0.940. The molecule has 0 aromatic carbocycles. The average molecular weight is 299 g/mol. The van der Waals surface area contributed by atoms with Crippen molar-refractivity contribution >= 4 is 17.7 Å². The van der Waals surface area contributed by atoms with Crippen molar-refractivity contribution in [2.75, 3.05) is 12.4 Å². The van der Waals surface area contributed by atoms with Gasteiger partial charge in [0, 0.05) is 6.04 Å². The van der Waals surface area contributed by atoms with Gasteiger partial charge in [-0.25, -0.2) is 0 Å². The summed E-state index contributed by atoms with van der Waals surface area (Å²) in [6.07, 6.45) is 2.41. The molecule has 0 fully saturated rings. The molecule has 5 heteroatoms. The van der Waals surface area contributed by atoms with Crippen LogP contribution in [0.2, 0.25) is 0 Å². The zero-order valence-electron chi connectivity index (χ0n) is 12.8. The molecule has 0 aliphatic rings. The lowest BCUT2D eigenvalue weighted by molar-refractivity contribution is -0.150. The Kier molecular flexibility index (Phi) is 7.16. The number of hydrogen-bond donors (Lipinski definition) is 1. The van der Waals surface area contributed by atoms with Crippen LogP contribution in [0.5, 0.6) is 0 Å². The summed E-state index contributed by atoms with van der Waals surface area (Å²) in [6.45, 7) is 8.23. The Morgan fingerprint density at radius 1 is 1.55 bits per heavy atom. The van der Waals surface area contributed by atoms with Gasteiger partial charge < -0.3 is 9.15 Å². The van der Waals surface area contributed by atoms with Gasteiger partial charge in [-0.05, 0) is 52.0 Å². The van der Waals surface area contributed by atoms with Crippen LogP contribution in [-0.2, 0) is 15.3 Å². The highest BCUT2D eigenvalue weighted by Gasteiger charge is 2.34. The molecule has 1 rings (SSSR count). The second-order valence-corrected chi connectivity index (χ2v) is 6.34. The molecule has 20 heavy (non-hydrogen) atoms. The van der Waals surface area contributed by atoms with E-state index in [1.165, 1.54) is 0 Å². The smallest absolute Gasteiger partial charge is 0.326 e. The van der Waals surface area contributed by atoms with Crippen molar-refractivity contribution in [2.45, 2.75) is 51.4 Å². The Morgan fingerprint density at radius 2 is 2.30 bits per heavy atom. The number of hydrogen-bond acceptors (Lipinski definition) is 5. The summed E-state index contributed by atoms with van der Waals surface area (Å²) in [5.41, 5.74) is -0.625. The van der Waals surface area contributed by atoms with E-state index in [0.717, 1.165) is 23.7 Å². The van der Waals surface area contributed by atoms with Gasteiger partial charge in [-0.2, -0.15) is 11.8 Å². The normalized spacial score (nSPS) is 14.2. The average Bonchev–Trinajstić information content (AvgIpc) is 2.87. The zero-order chi connectivity index (χ0) is 15.0. The van der Waals surface area contributed by atoms with Crippen molar-refractivity contribution in [3.05, 3.63) is 24.2 Å². The number of ether oxygens (including phenoxy) is 1. The molecule has 0 saturated carbocycles. The summed E-state index contributed by atoms with van der Waals surface area (Å²) in [7, 11) is 0. The first kappa shape index (κ1) is 17.1. The summed E-state index contributed by atoms with van der Waals surface area (Å²) in [6, 6.07) is 4.09. The van der Waals surface area contributed by atoms with Gasteiger partial charge in [0.1, 0.15) is 11.3 Å². The fourth-order valence-corrected chi connectivity index (χ4v) is 3.07. The maximum absolute atomic E-state index is 12.1. The van der Waals surface area contributed by atoms with E-state index in [9.17, 15) is 4.79 Å². The van der Waals surface area contributed by atoms with Crippen LogP contribution in [0, 0.1) is 0 Å². The molecule has 114 valence electrons. The van der Waals surface area contributed by atoms with Crippen LogP contribution in [0.4, 0.5) is 0 Å². The van der Waals surface area contributed by atoms with E-state index in [2.05, 4.69) is 5.32 Å². The van der Waals surface area contributed by atoms with Crippen molar-refractivity contribution < 1.29 is 13.9 Å². The van der Waals surface area contributed by atoms with E-state index < -0.39 is 5.54 Å². The number of carbonyl (C=O) groups is 1. The second kappa shape index (κ2) is 8.37. The number of nitrogens with one attached hydrogen (secondary N) is 1. The highest BCUT2D eigenvalue weighted by atomic mass is 32.2. The molecular weight excluding hydrogens is 274 g/mol. The summed E-state index contributed by atoms with van der Waals surface area (Å²) < 4.78 is 10.5. The van der Waals surface area contributed by atoms with E-state index in [1.54, 1.807) is 18.0 Å². The third kappa shape index (κ3) is 5.59. The van der Waals surface area contributed by atoms with Gasteiger partial charge in [-0.1, -0.05) is 0 Å². The Balaban J connectivity index is 2.45. The number of esters is 1. The molecule has 0 spiro atoms. The molecule has 1 aromatic heterocycles. The molecule has 1 unspecified atom stereocenters. The van der Waals surface area contributed by atoms with E-state index in [-0.39, 0.29) is 12.0 Å². The molecule has 0 aliphatic carbocycles. The van der Waals surface area contributed by atoms with E-state index in [1.807, 2.05) is 39.8 Å². The van der Waals surface area contributed by atoms with E-state index in [0.29, 0.717) is 6.61 Å². The minimum atomic E-state index is -0.625. The van der Waals surface area contributed by atoms with Crippen molar-refractivity contribution in [1.82, 2.24) is 5.32 Å². The van der Waals surface area contributed by atoms with E-state index in [4.69, 9.17) is 9.15 Å². The van der Waals surface area contributed by atoms with Gasteiger partial charge in [0.05, 0.1) is 18.6 Å². The summed E-state index contributed by atoms with van der Waals surface area (Å²) >= 11 is 1.76. The lowest BCUT2D eigenvalue weighted by Gasteiger charge is -2.30. The molecular formula is C15H25NO3S. The largest absolute Gasteiger partial charge is 0.468 e. The first-order valence-corrected chi connectivity index (χ1v) is 8.18. The zero-order valence-corrected chi connectivity index (χ0v) is 13.6. The van der Waals surface area contributed by atoms with Gasteiger partial charge >= 0.3 is 5.97 Å². The fourth-order valence-electron chi connectivity index (χ4n) is 2.00. The van der Waals surface area contributed by atoms with Crippen molar-refractivity contribution in [3.63, 3.8) is 0 Å². The Labute approximate surface area is 125 Å². The maximum Gasteiger partial charge on any atom is 0.326 e. The Morgan fingerprint density at radius 3 is 2.85 bits per heavy atom. The standard InChI is InChI=1S/C15H25NO3S/c1-5-18-14(17)15(4,16-12(2)3)8-10-20-11-13-7-6-9-19-13/h6-7,9,12,16H,5,8,10-11H2,1-4H3. The highest BCUT2D eigenvalue weighted by molar-refractivity contribution is 7.98. The predicted molar refractivity (Wildman–Crippen MR) is 82.8 cm³/mol. The minimum Gasteiger partial charge on any atom is -0.468 e. The van der Waals surface area contributed by atoms with Crippen LogP contribution in [0.3, 0.4) is 0 Å². The lowest BCUT2D eigenvalue weighted by Crippen LogP contribution is -2.53. The van der Waals surface area contributed by atoms with Crippen LogP contribution >= 0.6 is 11.8 Å². The molecule has 4 nitrogen and oxygen atoms in total. The van der Waals surface area contributed by atoms with Gasteiger partial charge in [0.25, 0.3) is 0 Å². The molecule has 0 amide bonds. The van der Waals surface area contributed by atoms with Crippen LogP contribution in [0.1, 0.15) is 39.9 Å². The third-order valence-electron chi connectivity index (χ3n) is 2.90. The van der Waals surface area contributed by atoms with Crippen molar-refractivity contribution in [3.8, 4) is 0 Å². The van der Waals surface area contributed by atoms with Crippen molar-refractivity contribution in [2.24, 2.45) is 0 Å². The monoisotopic (exact) mass is 299 g/mol. The molecule has 1 atom stereocenters. The number of carbonyl (C=O) groups excluding carboxylic acids is 1. The van der Waals surface area contributed by atoms with Gasteiger partial charge in [0.15, 0.2) is 0 Å². The predicted octanol–water partition coefficient (Wildman–Crippen LogP) is 3.22. The number of furan rings is 1. The summed E-state index contributed by atoms with van der Waals surface area (Å²) in [5.74, 6) is 2.49. The molecule has 0 radical (unpaired) electrons. The summed E-state index contributed by atoms with van der Waals surface area (Å²) in [5, 5.41) is 3.32. The minimum absolute atomic E-state index is 0.174. The molecule has 1 heterocycles. The van der Waals surface area contributed by atoms with Gasteiger partial charge in [-0.3, -0.25) is 10.1 Å². The van der Waals surface area contributed by atoms with Gasteiger partial charge in [0.2, 0.25) is 0 Å². The fraction of sp³-hybridized carbons (Fsp3) is 0.667. The third-order valence-corrected chi connectivity index (χ3v) is 3.89. The van der Waals surface area contributed by atoms with Crippen LogP contribution in [-0.4, -0.2) is 29.9 Å². The number of thioether (sulfide) groups is 1. The molecule has 0 saturated heterocycles. The topological polar surface area (TPSA) is 51.5 Å². The molecule has 1 aromatic rings.